The van der Waals surface area contributed by atoms with Crippen LogP contribution in [0.15, 0.2) is 36.7 Å². The van der Waals surface area contributed by atoms with E-state index in [-0.39, 0.29) is 11.3 Å². The Morgan fingerprint density at radius 3 is 2.53 bits per heavy atom. The third-order valence-electron chi connectivity index (χ3n) is 2.34. The van der Waals surface area contributed by atoms with Crippen LogP contribution < -0.4 is 4.74 Å². The summed E-state index contributed by atoms with van der Waals surface area (Å²) in [6.45, 7) is 6.18. The second kappa shape index (κ2) is 4.13. The van der Waals surface area contributed by atoms with E-state index in [9.17, 15) is 5.11 Å². The monoisotopic (exact) mass is 232 g/mol. The lowest BCUT2D eigenvalue weighted by Gasteiger charge is -2.18. The third-order valence-corrected chi connectivity index (χ3v) is 2.34. The van der Waals surface area contributed by atoms with Crippen molar-refractivity contribution in [2.75, 3.05) is 0 Å². The standard InChI is InChI=1S/C13H16N2O2/c1-13(2,3)15-9-10(8-14-15)17-12-7-5-4-6-11(12)16/h4-9,16H,1-3H3. The molecule has 0 saturated carbocycles. The van der Waals surface area contributed by atoms with Gasteiger partial charge < -0.3 is 9.84 Å². The predicted octanol–water partition coefficient (Wildman–Crippen LogP) is 3.14. The van der Waals surface area contributed by atoms with Gasteiger partial charge in [0.1, 0.15) is 0 Å². The Balaban J connectivity index is 2.21. The molecule has 0 saturated heterocycles. The zero-order valence-electron chi connectivity index (χ0n) is 10.2. The van der Waals surface area contributed by atoms with Crippen LogP contribution in [0.1, 0.15) is 20.8 Å². The molecule has 0 bridgehead atoms. The highest BCUT2D eigenvalue weighted by molar-refractivity contribution is 5.40. The van der Waals surface area contributed by atoms with Crippen LogP contribution in [0.25, 0.3) is 0 Å². The molecule has 1 aromatic heterocycles. The van der Waals surface area contributed by atoms with Crippen LogP contribution in [-0.4, -0.2) is 14.9 Å². The second-order valence-corrected chi connectivity index (χ2v) is 4.86. The minimum atomic E-state index is -0.0830. The average molecular weight is 232 g/mol. The number of aromatic nitrogens is 2. The summed E-state index contributed by atoms with van der Waals surface area (Å²) in [5, 5.41) is 13.8. The number of aromatic hydroxyl groups is 1. The van der Waals surface area contributed by atoms with Crippen molar-refractivity contribution in [1.82, 2.24) is 9.78 Å². The highest BCUT2D eigenvalue weighted by Crippen LogP contribution is 2.30. The van der Waals surface area contributed by atoms with Gasteiger partial charge in [-0.1, -0.05) is 12.1 Å². The van der Waals surface area contributed by atoms with Crippen molar-refractivity contribution < 1.29 is 9.84 Å². The molecular weight excluding hydrogens is 216 g/mol. The lowest BCUT2D eigenvalue weighted by atomic mass is 10.1. The fourth-order valence-corrected chi connectivity index (χ4v) is 1.40. The molecule has 1 N–H and O–H groups in total. The van der Waals surface area contributed by atoms with Crippen LogP contribution in [-0.2, 0) is 5.54 Å². The third kappa shape index (κ3) is 2.58. The van der Waals surface area contributed by atoms with E-state index in [0.29, 0.717) is 11.5 Å². The summed E-state index contributed by atoms with van der Waals surface area (Å²) in [6.07, 6.45) is 3.45. The molecule has 0 aliphatic heterocycles. The van der Waals surface area contributed by atoms with E-state index in [1.54, 1.807) is 24.4 Å². The molecule has 90 valence electrons. The highest BCUT2D eigenvalue weighted by Gasteiger charge is 2.15. The summed E-state index contributed by atoms with van der Waals surface area (Å²) in [6, 6.07) is 6.86. The van der Waals surface area contributed by atoms with Crippen LogP contribution in [0.2, 0.25) is 0 Å². The van der Waals surface area contributed by atoms with Gasteiger partial charge in [-0.2, -0.15) is 5.10 Å². The number of nitrogens with zero attached hydrogens (tertiary/aromatic N) is 2. The first kappa shape index (κ1) is 11.5. The Bertz CT molecular complexity index is 512. The van der Waals surface area contributed by atoms with Gasteiger partial charge in [-0.05, 0) is 32.9 Å². The first-order valence-corrected chi connectivity index (χ1v) is 5.48. The van der Waals surface area contributed by atoms with E-state index in [1.807, 2.05) is 16.9 Å². The number of benzene rings is 1. The smallest absolute Gasteiger partial charge is 0.169 e. The lowest BCUT2D eigenvalue weighted by Crippen LogP contribution is -2.21. The number of hydrogen-bond acceptors (Lipinski definition) is 3. The zero-order valence-corrected chi connectivity index (χ0v) is 10.2. The first-order chi connectivity index (χ1) is 7.97. The minimum Gasteiger partial charge on any atom is -0.504 e. The maximum Gasteiger partial charge on any atom is 0.169 e. The second-order valence-electron chi connectivity index (χ2n) is 4.86. The Morgan fingerprint density at radius 2 is 1.94 bits per heavy atom. The Hall–Kier alpha value is -1.97. The van der Waals surface area contributed by atoms with E-state index in [2.05, 4.69) is 25.9 Å². The van der Waals surface area contributed by atoms with Crippen molar-refractivity contribution in [3.05, 3.63) is 36.7 Å². The molecule has 0 spiro atoms. The maximum absolute atomic E-state index is 9.59. The van der Waals surface area contributed by atoms with Gasteiger partial charge in [-0.25, -0.2) is 0 Å². The summed E-state index contributed by atoms with van der Waals surface area (Å²) in [5.41, 5.74) is -0.0830. The molecule has 0 aliphatic carbocycles. The predicted molar refractivity (Wildman–Crippen MR) is 65.4 cm³/mol. The van der Waals surface area contributed by atoms with Gasteiger partial charge in [0.15, 0.2) is 17.2 Å². The molecule has 4 heteroatoms. The van der Waals surface area contributed by atoms with Crippen molar-refractivity contribution in [3.63, 3.8) is 0 Å². The molecule has 1 aromatic carbocycles. The van der Waals surface area contributed by atoms with E-state index >= 15 is 0 Å². The van der Waals surface area contributed by atoms with Crippen molar-refractivity contribution in [1.29, 1.82) is 0 Å². The maximum atomic E-state index is 9.59. The highest BCUT2D eigenvalue weighted by atomic mass is 16.5. The number of para-hydroxylation sites is 2. The van der Waals surface area contributed by atoms with Crippen LogP contribution in [0.5, 0.6) is 17.2 Å². The van der Waals surface area contributed by atoms with Crippen LogP contribution >= 0.6 is 0 Å². The van der Waals surface area contributed by atoms with Crippen molar-refractivity contribution in [3.8, 4) is 17.2 Å². The number of phenols is 1. The fraction of sp³-hybridized carbons (Fsp3) is 0.308. The van der Waals surface area contributed by atoms with Gasteiger partial charge in [0.05, 0.1) is 17.9 Å². The summed E-state index contributed by atoms with van der Waals surface area (Å²) in [7, 11) is 0. The van der Waals surface area contributed by atoms with E-state index in [0.717, 1.165) is 0 Å². The Kier molecular flexibility index (Phi) is 2.79. The summed E-state index contributed by atoms with van der Waals surface area (Å²) < 4.78 is 7.37. The van der Waals surface area contributed by atoms with Crippen LogP contribution in [0, 0.1) is 0 Å². The molecule has 2 rings (SSSR count). The van der Waals surface area contributed by atoms with Crippen molar-refractivity contribution in [2.24, 2.45) is 0 Å². The molecular formula is C13H16N2O2. The molecule has 2 aromatic rings. The summed E-state index contributed by atoms with van der Waals surface area (Å²) in [5.74, 6) is 1.17. The molecule has 0 aliphatic rings. The first-order valence-electron chi connectivity index (χ1n) is 5.48. The SMILES string of the molecule is CC(C)(C)n1cc(Oc2ccccc2O)cn1. The minimum absolute atomic E-state index is 0.0830. The Morgan fingerprint density at radius 1 is 1.24 bits per heavy atom. The van der Waals surface area contributed by atoms with E-state index in [1.165, 1.54) is 0 Å². The van der Waals surface area contributed by atoms with E-state index < -0.39 is 0 Å². The van der Waals surface area contributed by atoms with Crippen molar-refractivity contribution in [2.45, 2.75) is 26.3 Å². The molecule has 0 radical (unpaired) electrons. The largest absolute Gasteiger partial charge is 0.504 e. The van der Waals surface area contributed by atoms with Gasteiger partial charge in [-0.3, -0.25) is 4.68 Å². The van der Waals surface area contributed by atoms with Gasteiger partial charge in [0, 0.05) is 0 Å². The molecule has 0 fully saturated rings. The normalized spacial score (nSPS) is 11.5. The molecule has 0 atom stereocenters. The lowest BCUT2D eigenvalue weighted by molar-refractivity contribution is 0.353. The molecule has 17 heavy (non-hydrogen) atoms. The molecule has 0 unspecified atom stereocenters. The average Bonchev–Trinajstić information content (AvgIpc) is 2.69. The number of hydrogen-bond donors (Lipinski definition) is 1. The van der Waals surface area contributed by atoms with Crippen LogP contribution in [0.3, 0.4) is 0 Å². The van der Waals surface area contributed by atoms with Crippen molar-refractivity contribution >= 4 is 0 Å². The fourth-order valence-electron chi connectivity index (χ4n) is 1.40. The molecule has 0 amide bonds. The number of phenolic OH excluding ortho intramolecular Hbond substituents is 1. The summed E-state index contributed by atoms with van der Waals surface area (Å²) in [4.78, 5) is 0. The number of ether oxygens (including phenoxy) is 1. The number of rotatable bonds is 2. The van der Waals surface area contributed by atoms with Crippen LogP contribution in [0.4, 0.5) is 0 Å². The molecule has 4 nitrogen and oxygen atoms in total. The van der Waals surface area contributed by atoms with Gasteiger partial charge in [0.25, 0.3) is 0 Å². The Labute approximate surface area is 100 Å². The van der Waals surface area contributed by atoms with Gasteiger partial charge in [0.2, 0.25) is 0 Å². The zero-order chi connectivity index (χ0) is 12.5. The summed E-state index contributed by atoms with van der Waals surface area (Å²) >= 11 is 0. The molecule has 1 heterocycles. The topological polar surface area (TPSA) is 47.3 Å². The van der Waals surface area contributed by atoms with Gasteiger partial charge in [-0.15, -0.1) is 0 Å². The quantitative estimate of drug-likeness (QED) is 0.865. The van der Waals surface area contributed by atoms with Gasteiger partial charge >= 0.3 is 0 Å². The van der Waals surface area contributed by atoms with E-state index in [4.69, 9.17) is 4.74 Å².